The Hall–Kier alpha value is -1.42. The van der Waals surface area contributed by atoms with Crippen LogP contribution < -0.4 is 4.90 Å². The molecule has 0 saturated carbocycles. The second kappa shape index (κ2) is 8.51. The summed E-state index contributed by atoms with van der Waals surface area (Å²) < 4.78 is 0. The molecular formula is C22H35N3O. The largest absolute Gasteiger partial charge is 0.370 e. The zero-order valence-corrected chi connectivity index (χ0v) is 16.9. The van der Waals surface area contributed by atoms with E-state index in [2.05, 4.69) is 34.7 Å². The molecule has 0 bridgehead atoms. The Balaban J connectivity index is 1.50. The molecule has 4 heteroatoms. The average Bonchev–Trinajstić information content (AvgIpc) is 2.67. The van der Waals surface area contributed by atoms with Crippen LogP contribution in [0.2, 0.25) is 0 Å². The predicted octanol–water partition coefficient (Wildman–Crippen LogP) is 4.26. The molecule has 1 aromatic heterocycles. The number of ketones is 1. The van der Waals surface area contributed by atoms with Gasteiger partial charge in [-0.3, -0.25) is 9.78 Å². The first-order chi connectivity index (χ1) is 12.5. The summed E-state index contributed by atoms with van der Waals surface area (Å²) in [5.41, 5.74) is 1.74. The van der Waals surface area contributed by atoms with Gasteiger partial charge in [0.1, 0.15) is 5.69 Å². The SMILES string of the molecule is CC(C)C(=O)c1ccc(N2CCC(N3CCC(C(C)C)CC3)CC2)cn1. The highest BCUT2D eigenvalue weighted by molar-refractivity contribution is 5.95. The third-order valence-electron chi connectivity index (χ3n) is 6.39. The highest BCUT2D eigenvalue weighted by Crippen LogP contribution is 2.29. The van der Waals surface area contributed by atoms with Crippen LogP contribution in [-0.2, 0) is 0 Å². The fourth-order valence-electron chi connectivity index (χ4n) is 4.46. The smallest absolute Gasteiger partial charge is 0.183 e. The average molecular weight is 358 g/mol. The Kier molecular flexibility index (Phi) is 6.33. The van der Waals surface area contributed by atoms with E-state index in [0.29, 0.717) is 5.69 Å². The number of likely N-dealkylation sites (tertiary alicyclic amines) is 1. The summed E-state index contributed by atoms with van der Waals surface area (Å²) in [7, 11) is 0. The molecule has 2 fully saturated rings. The monoisotopic (exact) mass is 357 g/mol. The highest BCUT2D eigenvalue weighted by Gasteiger charge is 2.29. The van der Waals surface area contributed by atoms with Crippen LogP contribution in [0.3, 0.4) is 0 Å². The molecule has 2 aliphatic rings. The van der Waals surface area contributed by atoms with Crippen molar-refractivity contribution in [2.75, 3.05) is 31.1 Å². The molecule has 2 saturated heterocycles. The second-order valence-electron chi connectivity index (χ2n) is 8.76. The topological polar surface area (TPSA) is 36.4 Å². The standard InChI is InChI=1S/C22H35N3O/c1-16(2)18-7-11-24(12-8-18)19-9-13-25(14-10-19)20-5-6-21(23-15-20)22(26)17(3)4/h5-6,15-19H,7-14H2,1-4H3. The lowest BCUT2D eigenvalue weighted by Crippen LogP contribution is -2.48. The summed E-state index contributed by atoms with van der Waals surface area (Å²) in [6.45, 7) is 13.3. The van der Waals surface area contributed by atoms with Crippen molar-refractivity contribution in [1.29, 1.82) is 0 Å². The van der Waals surface area contributed by atoms with Crippen molar-refractivity contribution in [3.8, 4) is 0 Å². The Morgan fingerprint density at radius 2 is 1.65 bits per heavy atom. The molecule has 3 rings (SSSR count). The summed E-state index contributed by atoms with van der Waals surface area (Å²) in [6, 6.07) is 4.70. The quantitative estimate of drug-likeness (QED) is 0.738. The molecule has 1 aromatic rings. The van der Waals surface area contributed by atoms with E-state index in [1.165, 1.54) is 38.8 Å². The molecule has 0 atom stereocenters. The number of anilines is 1. The van der Waals surface area contributed by atoms with Crippen molar-refractivity contribution in [1.82, 2.24) is 9.88 Å². The van der Waals surface area contributed by atoms with E-state index in [1.807, 2.05) is 26.1 Å². The number of piperidine rings is 2. The third kappa shape index (κ3) is 4.46. The summed E-state index contributed by atoms with van der Waals surface area (Å²) in [6.07, 6.45) is 7.09. The maximum Gasteiger partial charge on any atom is 0.183 e. The normalized spacial score (nSPS) is 20.9. The fourth-order valence-corrected chi connectivity index (χ4v) is 4.46. The van der Waals surface area contributed by atoms with Crippen LogP contribution in [0.15, 0.2) is 18.3 Å². The van der Waals surface area contributed by atoms with E-state index in [0.717, 1.165) is 36.7 Å². The van der Waals surface area contributed by atoms with Crippen molar-refractivity contribution in [2.45, 2.75) is 59.4 Å². The maximum atomic E-state index is 12.0. The van der Waals surface area contributed by atoms with E-state index in [4.69, 9.17) is 0 Å². The van der Waals surface area contributed by atoms with Gasteiger partial charge in [0.05, 0.1) is 11.9 Å². The fraction of sp³-hybridized carbons (Fsp3) is 0.727. The number of aromatic nitrogens is 1. The predicted molar refractivity (Wildman–Crippen MR) is 108 cm³/mol. The molecule has 3 heterocycles. The number of nitrogens with zero attached hydrogens (tertiary/aromatic N) is 3. The van der Waals surface area contributed by atoms with Gasteiger partial charge in [-0.25, -0.2) is 0 Å². The van der Waals surface area contributed by atoms with Gasteiger partial charge in [-0.1, -0.05) is 27.7 Å². The minimum atomic E-state index is 0.00364. The lowest BCUT2D eigenvalue weighted by molar-refractivity contribution is 0.0934. The van der Waals surface area contributed by atoms with Crippen LogP contribution in [0, 0.1) is 17.8 Å². The Bertz CT molecular complexity index is 580. The summed E-state index contributed by atoms with van der Waals surface area (Å²) in [5.74, 6) is 1.88. The van der Waals surface area contributed by atoms with Crippen LogP contribution in [0.25, 0.3) is 0 Å². The number of Topliss-reactive ketones (excluding diaryl/α,β-unsaturated/α-hetero) is 1. The number of hydrogen-bond acceptors (Lipinski definition) is 4. The molecule has 2 aliphatic heterocycles. The van der Waals surface area contributed by atoms with E-state index in [9.17, 15) is 4.79 Å². The molecule has 0 unspecified atom stereocenters. The molecule has 4 nitrogen and oxygen atoms in total. The van der Waals surface area contributed by atoms with Crippen LogP contribution in [-0.4, -0.2) is 47.9 Å². The molecule has 0 aliphatic carbocycles. The van der Waals surface area contributed by atoms with E-state index >= 15 is 0 Å². The Morgan fingerprint density at radius 3 is 2.15 bits per heavy atom. The lowest BCUT2D eigenvalue weighted by atomic mass is 9.85. The lowest BCUT2D eigenvalue weighted by Gasteiger charge is -2.43. The third-order valence-corrected chi connectivity index (χ3v) is 6.39. The maximum absolute atomic E-state index is 12.0. The van der Waals surface area contributed by atoms with Crippen molar-refractivity contribution in [2.24, 2.45) is 17.8 Å². The van der Waals surface area contributed by atoms with Gasteiger partial charge in [-0.15, -0.1) is 0 Å². The van der Waals surface area contributed by atoms with Gasteiger partial charge in [0.2, 0.25) is 0 Å². The summed E-state index contributed by atoms with van der Waals surface area (Å²) in [5, 5.41) is 0. The van der Waals surface area contributed by atoms with Crippen LogP contribution >= 0.6 is 0 Å². The van der Waals surface area contributed by atoms with Crippen LogP contribution in [0.4, 0.5) is 5.69 Å². The van der Waals surface area contributed by atoms with Gasteiger partial charge in [0, 0.05) is 25.0 Å². The Labute approximate surface area is 159 Å². The minimum Gasteiger partial charge on any atom is -0.370 e. The molecule has 0 N–H and O–H groups in total. The number of rotatable bonds is 5. The molecule has 0 aromatic carbocycles. The van der Waals surface area contributed by atoms with Gasteiger partial charge >= 0.3 is 0 Å². The number of carbonyl (C=O) groups excluding carboxylic acids is 1. The van der Waals surface area contributed by atoms with Gasteiger partial charge in [0.25, 0.3) is 0 Å². The molecular weight excluding hydrogens is 322 g/mol. The van der Waals surface area contributed by atoms with Gasteiger partial charge < -0.3 is 9.80 Å². The van der Waals surface area contributed by atoms with Gasteiger partial charge in [-0.05, 0) is 62.7 Å². The zero-order valence-electron chi connectivity index (χ0n) is 16.9. The van der Waals surface area contributed by atoms with Gasteiger partial charge in [-0.2, -0.15) is 0 Å². The second-order valence-corrected chi connectivity index (χ2v) is 8.76. The van der Waals surface area contributed by atoms with E-state index in [1.54, 1.807) is 0 Å². The first-order valence-corrected chi connectivity index (χ1v) is 10.4. The first kappa shape index (κ1) is 19.3. The highest BCUT2D eigenvalue weighted by atomic mass is 16.1. The first-order valence-electron chi connectivity index (χ1n) is 10.4. The van der Waals surface area contributed by atoms with Crippen LogP contribution in [0.1, 0.15) is 63.9 Å². The Morgan fingerprint density at radius 1 is 1.00 bits per heavy atom. The molecule has 0 spiro atoms. The van der Waals surface area contributed by atoms with Crippen molar-refractivity contribution in [3.05, 3.63) is 24.0 Å². The summed E-state index contributed by atoms with van der Waals surface area (Å²) in [4.78, 5) is 21.6. The molecule has 0 radical (unpaired) electrons. The molecule has 26 heavy (non-hydrogen) atoms. The van der Waals surface area contributed by atoms with Crippen molar-refractivity contribution < 1.29 is 4.79 Å². The number of hydrogen-bond donors (Lipinski definition) is 0. The van der Waals surface area contributed by atoms with Crippen molar-refractivity contribution in [3.63, 3.8) is 0 Å². The summed E-state index contributed by atoms with van der Waals surface area (Å²) >= 11 is 0. The number of pyridine rings is 1. The molecule has 0 amide bonds. The minimum absolute atomic E-state index is 0.00364. The van der Waals surface area contributed by atoms with E-state index < -0.39 is 0 Å². The number of carbonyl (C=O) groups is 1. The van der Waals surface area contributed by atoms with Gasteiger partial charge in [0.15, 0.2) is 5.78 Å². The zero-order chi connectivity index (χ0) is 18.7. The molecule has 144 valence electrons. The van der Waals surface area contributed by atoms with Crippen molar-refractivity contribution >= 4 is 11.5 Å². The van der Waals surface area contributed by atoms with E-state index in [-0.39, 0.29) is 11.7 Å². The van der Waals surface area contributed by atoms with Crippen LogP contribution in [0.5, 0.6) is 0 Å².